The normalized spacial score (nSPS) is 11.4. The standard InChI is InChI=1S/C21H32O3/c1-14(2)18-11-9-12-19(15(3)4)21(18)24-13-8-7-10-20(16(5)22)17(6)23/h9,11-12,14-15,20H,7-8,10,13H2,1-6H3. The molecule has 0 unspecified atom stereocenters. The van der Waals surface area contributed by atoms with Crippen molar-refractivity contribution in [2.45, 2.75) is 72.6 Å². The van der Waals surface area contributed by atoms with Crippen molar-refractivity contribution in [3.8, 4) is 5.75 Å². The number of hydrogen-bond acceptors (Lipinski definition) is 3. The molecule has 0 bridgehead atoms. The van der Waals surface area contributed by atoms with Crippen molar-refractivity contribution >= 4 is 11.6 Å². The fraction of sp³-hybridized carbons (Fsp3) is 0.619. The molecule has 0 atom stereocenters. The van der Waals surface area contributed by atoms with Gasteiger partial charge in [0, 0.05) is 0 Å². The van der Waals surface area contributed by atoms with E-state index in [0.29, 0.717) is 24.9 Å². The minimum absolute atomic E-state index is 0.0318. The topological polar surface area (TPSA) is 43.4 Å². The molecule has 1 rings (SSSR count). The van der Waals surface area contributed by atoms with Crippen LogP contribution in [0.5, 0.6) is 5.75 Å². The maximum Gasteiger partial charge on any atom is 0.140 e. The largest absolute Gasteiger partial charge is 0.493 e. The fourth-order valence-electron chi connectivity index (χ4n) is 2.97. The molecule has 0 aliphatic rings. The van der Waals surface area contributed by atoms with E-state index < -0.39 is 5.92 Å². The van der Waals surface area contributed by atoms with Gasteiger partial charge in [0.15, 0.2) is 0 Å². The van der Waals surface area contributed by atoms with Gasteiger partial charge in [0.25, 0.3) is 0 Å². The van der Waals surface area contributed by atoms with E-state index in [-0.39, 0.29) is 11.6 Å². The molecule has 3 nitrogen and oxygen atoms in total. The molecule has 0 heterocycles. The minimum atomic E-state index is -0.445. The first-order valence-corrected chi connectivity index (χ1v) is 9.02. The zero-order valence-corrected chi connectivity index (χ0v) is 16.0. The molecule has 1 aromatic rings. The van der Waals surface area contributed by atoms with Crippen LogP contribution in [-0.2, 0) is 9.59 Å². The molecule has 3 heteroatoms. The number of Topliss-reactive ketones (excluding diaryl/α,β-unsaturated/α-hetero) is 2. The third kappa shape index (κ3) is 5.77. The van der Waals surface area contributed by atoms with Crippen LogP contribution in [0.2, 0.25) is 0 Å². The summed E-state index contributed by atoms with van der Waals surface area (Å²) in [5, 5.41) is 0. The smallest absolute Gasteiger partial charge is 0.140 e. The number of rotatable bonds is 10. The molecule has 24 heavy (non-hydrogen) atoms. The second-order valence-corrected chi connectivity index (χ2v) is 7.19. The molecule has 0 fully saturated rings. The predicted molar refractivity (Wildman–Crippen MR) is 98.8 cm³/mol. The lowest BCUT2D eigenvalue weighted by atomic mass is 9.94. The first-order chi connectivity index (χ1) is 11.3. The number of para-hydroxylation sites is 1. The molecule has 0 aliphatic heterocycles. The fourth-order valence-corrected chi connectivity index (χ4v) is 2.97. The molecule has 0 saturated heterocycles. The van der Waals surface area contributed by atoms with Gasteiger partial charge < -0.3 is 4.74 Å². The van der Waals surface area contributed by atoms with Crippen LogP contribution < -0.4 is 4.74 Å². The maximum absolute atomic E-state index is 11.5. The highest BCUT2D eigenvalue weighted by atomic mass is 16.5. The Bertz CT molecular complexity index is 518. The van der Waals surface area contributed by atoms with E-state index in [2.05, 4.69) is 45.9 Å². The highest BCUT2D eigenvalue weighted by Crippen LogP contribution is 2.34. The summed E-state index contributed by atoms with van der Waals surface area (Å²) in [5.74, 6) is 1.33. The van der Waals surface area contributed by atoms with Gasteiger partial charge in [-0.2, -0.15) is 0 Å². The molecule has 0 spiro atoms. The van der Waals surface area contributed by atoms with E-state index in [1.165, 1.54) is 25.0 Å². The summed E-state index contributed by atoms with van der Waals surface area (Å²) in [4.78, 5) is 22.9. The van der Waals surface area contributed by atoms with Gasteiger partial charge in [0.05, 0.1) is 12.5 Å². The van der Waals surface area contributed by atoms with Crippen molar-refractivity contribution in [3.05, 3.63) is 29.3 Å². The van der Waals surface area contributed by atoms with Crippen molar-refractivity contribution < 1.29 is 14.3 Å². The number of carbonyl (C=O) groups is 2. The second kappa shape index (κ2) is 9.61. The molecular formula is C21H32O3. The number of ether oxygens (including phenoxy) is 1. The quantitative estimate of drug-likeness (QED) is 0.432. The van der Waals surface area contributed by atoms with Crippen molar-refractivity contribution in [2.75, 3.05) is 6.61 Å². The average Bonchev–Trinajstić information content (AvgIpc) is 2.49. The Morgan fingerprint density at radius 3 is 1.83 bits per heavy atom. The van der Waals surface area contributed by atoms with Gasteiger partial charge in [0.1, 0.15) is 17.3 Å². The van der Waals surface area contributed by atoms with Crippen LogP contribution in [0.4, 0.5) is 0 Å². The second-order valence-electron chi connectivity index (χ2n) is 7.19. The third-order valence-corrected chi connectivity index (χ3v) is 4.43. The van der Waals surface area contributed by atoms with Crippen LogP contribution >= 0.6 is 0 Å². The lowest BCUT2D eigenvalue weighted by Gasteiger charge is -2.20. The molecule has 0 radical (unpaired) electrons. The van der Waals surface area contributed by atoms with Crippen LogP contribution in [0.1, 0.15) is 83.8 Å². The van der Waals surface area contributed by atoms with Crippen LogP contribution in [0.25, 0.3) is 0 Å². The van der Waals surface area contributed by atoms with Gasteiger partial charge in [0.2, 0.25) is 0 Å². The Morgan fingerprint density at radius 2 is 1.42 bits per heavy atom. The first-order valence-electron chi connectivity index (χ1n) is 9.02. The summed E-state index contributed by atoms with van der Waals surface area (Å²) < 4.78 is 6.12. The van der Waals surface area contributed by atoms with E-state index in [4.69, 9.17) is 4.74 Å². The molecular weight excluding hydrogens is 300 g/mol. The first kappa shape index (κ1) is 20.4. The van der Waals surface area contributed by atoms with E-state index in [0.717, 1.165) is 18.6 Å². The predicted octanol–water partition coefficient (Wildman–Crippen LogP) is 5.28. The molecule has 0 aliphatic carbocycles. The SMILES string of the molecule is CC(=O)C(CCCCOc1c(C(C)C)cccc1C(C)C)C(C)=O. The van der Waals surface area contributed by atoms with Gasteiger partial charge in [-0.15, -0.1) is 0 Å². The number of hydrogen-bond donors (Lipinski definition) is 0. The van der Waals surface area contributed by atoms with Gasteiger partial charge in [-0.25, -0.2) is 0 Å². The molecule has 0 amide bonds. The summed E-state index contributed by atoms with van der Waals surface area (Å²) in [5.41, 5.74) is 2.48. The van der Waals surface area contributed by atoms with Gasteiger partial charge >= 0.3 is 0 Å². The monoisotopic (exact) mass is 332 g/mol. The molecule has 0 aromatic heterocycles. The van der Waals surface area contributed by atoms with Gasteiger partial charge in [-0.3, -0.25) is 9.59 Å². The summed E-state index contributed by atoms with van der Waals surface area (Å²) >= 11 is 0. The molecule has 134 valence electrons. The summed E-state index contributed by atoms with van der Waals surface area (Å²) in [7, 11) is 0. The number of benzene rings is 1. The summed E-state index contributed by atoms with van der Waals surface area (Å²) in [6.45, 7) is 12.3. The molecule has 0 N–H and O–H groups in total. The Labute approximate surface area is 146 Å². The van der Waals surface area contributed by atoms with Crippen LogP contribution in [0, 0.1) is 5.92 Å². The van der Waals surface area contributed by atoms with Crippen molar-refractivity contribution in [3.63, 3.8) is 0 Å². The Kier molecular flexibility index (Phi) is 8.17. The average molecular weight is 332 g/mol. The summed E-state index contributed by atoms with van der Waals surface area (Å²) in [6, 6.07) is 6.36. The van der Waals surface area contributed by atoms with Crippen LogP contribution in [0.3, 0.4) is 0 Å². The lowest BCUT2D eigenvalue weighted by molar-refractivity contribution is -0.130. The Morgan fingerprint density at radius 1 is 0.917 bits per heavy atom. The van der Waals surface area contributed by atoms with E-state index in [1.807, 2.05) is 0 Å². The lowest BCUT2D eigenvalue weighted by Crippen LogP contribution is -2.19. The maximum atomic E-state index is 11.5. The number of ketones is 2. The van der Waals surface area contributed by atoms with Crippen molar-refractivity contribution in [1.29, 1.82) is 0 Å². The Hall–Kier alpha value is -1.64. The zero-order chi connectivity index (χ0) is 18.3. The molecule has 0 saturated carbocycles. The van der Waals surface area contributed by atoms with Crippen LogP contribution in [-0.4, -0.2) is 18.2 Å². The number of unbranched alkanes of at least 4 members (excludes halogenated alkanes) is 1. The van der Waals surface area contributed by atoms with Crippen LogP contribution in [0.15, 0.2) is 18.2 Å². The highest BCUT2D eigenvalue weighted by Gasteiger charge is 2.19. The molecule has 1 aromatic carbocycles. The van der Waals surface area contributed by atoms with E-state index in [9.17, 15) is 9.59 Å². The minimum Gasteiger partial charge on any atom is -0.493 e. The Balaban J connectivity index is 2.65. The van der Waals surface area contributed by atoms with Crippen molar-refractivity contribution in [2.24, 2.45) is 5.92 Å². The van der Waals surface area contributed by atoms with Crippen molar-refractivity contribution in [1.82, 2.24) is 0 Å². The number of carbonyl (C=O) groups excluding carboxylic acids is 2. The van der Waals surface area contributed by atoms with E-state index in [1.54, 1.807) is 0 Å². The highest BCUT2D eigenvalue weighted by molar-refractivity contribution is 6.00. The zero-order valence-electron chi connectivity index (χ0n) is 16.0. The third-order valence-electron chi connectivity index (χ3n) is 4.43. The van der Waals surface area contributed by atoms with E-state index >= 15 is 0 Å². The summed E-state index contributed by atoms with van der Waals surface area (Å²) in [6.07, 6.45) is 2.29. The van der Waals surface area contributed by atoms with Gasteiger partial charge in [-0.05, 0) is 56.1 Å². The van der Waals surface area contributed by atoms with Gasteiger partial charge in [-0.1, -0.05) is 45.9 Å².